The van der Waals surface area contributed by atoms with E-state index in [0.29, 0.717) is 6.04 Å². The molecule has 1 aliphatic rings. The molecule has 3 nitrogen and oxygen atoms in total. The van der Waals surface area contributed by atoms with Gasteiger partial charge in [-0.05, 0) is 38.6 Å². The molecule has 0 aromatic carbocycles. The van der Waals surface area contributed by atoms with Crippen LogP contribution in [0.3, 0.4) is 0 Å². The van der Waals surface area contributed by atoms with Gasteiger partial charge in [-0.2, -0.15) is 0 Å². The van der Waals surface area contributed by atoms with Crippen LogP contribution in [0.5, 0.6) is 5.75 Å². The van der Waals surface area contributed by atoms with Crippen LogP contribution in [0.15, 0.2) is 18.5 Å². The lowest BCUT2D eigenvalue weighted by Crippen LogP contribution is -2.48. The topological polar surface area (TPSA) is 25.4 Å². The fraction of sp³-hybridized carbons (Fsp3) is 0.545. The van der Waals surface area contributed by atoms with Gasteiger partial charge in [0.15, 0.2) is 0 Å². The van der Waals surface area contributed by atoms with Crippen molar-refractivity contribution in [2.24, 2.45) is 0 Å². The summed E-state index contributed by atoms with van der Waals surface area (Å²) < 4.78 is 5.66. The second-order valence-corrected chi connectivity index (χ2v) is 3.93. The van der Waals surface area contributed by atoms with E-state index in [-0.39, 0.29) is 0 Å². The number of ether oxygens (including phenoxy) is 1. The molecule has 0 radical (unpaired) electrons. The molecule has 1 fully saturated rings. The predicted molar refractivity (Wildman–Crippen MR) is 55.5 cm³/mol. The molecule has 0 aliphatic carbocycles. The van der Waals surface area contributed by atoms with Gasteiger partial charge >= 0.3 is 0 Å². The van der Waals surface area contributed by atoms with Gasteiger partial charge in [0.1, 0.15) is 12.4 Å². The maximum Gasteiger partial charge on any atom is 0.137 e. The number of likely N-dealkylation sites (tertiary alicyclic amines) is 1. The summed E-state index contributed by atoms with van der Waals surface area (Å²) >= 11 is 0. The summed E-state index contributed by atoms with van der Waals surface area (Å²) in [5.41, 5.74) is 1.14. The first-order valence-electron chi connectivity index (χ1n) is 5.00. The van der Waals surface area contributed by atoms with Crippen LogP contribution in [0.1, 0.15) is 12.0 Å². The van der Waals surface area contributed by atoms with E-state index in [1.807, 2.05) is 19.2 Å². The molecule has 1 saturated heterocycles. The fourth-order valence-corrected chi connectivity index (χ4v) is 1.58. The van der Waals surface area contributed by atoms with Crippen molar-refractivity contribution < 1.29 is 4.74 Å². The van der Waals surface area contributed by atoms with Crippen LogP contribution in [-0.2, 0) is 0 Å². The molecule has 76 valence electrons. The number of hydrogen-bond acceptors (Lipinski definition) is 3. The number of aromatic nitrogens is 1. The fourth-order valence-electron chi connectivity index (χ4n) is 1.58. The van der Waals surface area contributed by atoms with E-state index in [2.05, 4.69) is 16.9 Å². The molecular weight excluding hydrogens is 176 g/mol. The smallest absolute Gasteiger partial charge is 0.137 e. The third-order valence-electron chi connectivity index (χ3n) is 2.73. The molecule has 1 atom stereocenters. The third-order valence-corrected chi connectivity index (χ3v) is 2.73. The summed E-state index contributed by atoms with van der Waals surface area (Å²) in [5.74, 6) is 0.880. The molecule has 1 aromatic heterocycles. The van der Waals surface area contributed by atoms with Crippen molar-refractivity contribution in [2.75, 3.05) is 20.2 Å². The Balaban J connectivity index is 1.85. The number of rotatable bonds is 3. The SMILES string of the molecule is Cc1cncc(OC[C@H]2CCN2C)c1. The van der Waals surface area contributed by atoms with Crippen molar-refractivity contribution in [3.63, 3.8) is 0 Å². The third kappa shape index (κ3) is 2.04. The van der Waals surface area contributed by atoms with Crippen molar-refractivity contribution in [1.82, 2.24) is 9.88 Å². The van der Waals surface area contributed by atoms with Crippen molar-refractivity contribution in [2.45, 2.75) is 19.4 Å². The molecule has 0 N–H and O–H groups in total. The minimum atomic E-state index is 0.593. The van der Waals surface area contributed by atoms with E-state index in [0.717, 1.165) is 17.9 Å². The predicted octanol–water partition coefficient (Wildman–Crippen LogP) is 1.47. The highest BCUT2D eigenvalue weighted by Crippen LogP contribution is 2.17. The quantitative estimate of drug-likeness (QED) is 0.725. The summed E-state index contributed by atoms with van der Waals surface area (Å²) in [6.45, 7) is 4.00. The molecule has 1 aromatic rings. The van der Waals surface area contributed by atoms with Crippen molar-refractivity contribution in [1.29, 1.82) is 0 Å². The van der Waals surface area contributed by atoms with Gasteiger partial charge < -0.3 is 4.74 Å². The lowest BCUT2D eigenvalue weighted by molar-refractivity contribution is 0.0767. The van der Waals surface area contributed by atoms with Crippen molar-refractivity contribution in [3.05, 3.63) is 24.0 Å². The van der Waals surface area contributed by atoms with Gasteiger partial charge in [-0.15, -0.1) is 0 Å². The van der Waals surface area contributed by atoms with Gasteiger partial charge in [-0.1, -0.05) is 0 Å². The molecule has 3 heteroatoms. The van der Waals surface area contributed by atoms with E-state index < -0.39 is 0 Å². The maximum absolute atomic E-state index is 5.66. The van der Waals surface area contributed by atoms with Gasteiger partial charge in [0, 0.05) is 12.2 Å². The maximum atomic E-state index is 5.66. The number of pyridine rings is 1. The van der Waals surface area contributed by atoms with Gasteiger partial charge in [0.2, 0.25) is 0 Å². The molecule has 0 spiro atoms. The van der Waals surface area contributed by atoms with Crippen LogP contribution >= 0.6 is 0 Å². The van der Waals surface area contributed by atoms with Crippen molar-refractivity contribution >= 4 is 0 Å². The van der Waals surface area contributed by atoms with Crippen LogP contribution in [0.2, 0.25) is 0 Å². The normalized spacial score (nSPS) is 21.7. The van der Waals surface area contributed by atoms with Gasteiger partial charge in [-0.3, -0.25) is 9.88 Å². The van der Waals surface area contributed by atoms with Crippen LogP contribution < -0.4 is 4.74 Å². The zero-order valence-electron chi connectivity index (χ0n) is 8.73. The summed E-state index contributed by atoms with van der Waals surface area (Å²) in [6.07, 6.45) is 4.85. The first-order valence-corrected chi connectivity index (χ1v) is 5.00. The van der Waals surface area contributed by atoms with Gasteiger partial charge in [0.05, 0.1) is 6.20 Å². The Morgan fingerprint density at radius 3 is 3.00 bits per heavy atom. The van der Waals surface area contributed by atoms with Crippen LogP contribution in [0.25, 0.3) is 0 Å². The Hall–Kier alpha value is -1.09. The highest BCUT2D eigenvalue weighted by atomic mass is 16.5. The van der Waals surface area contributed by atoms with Crippen LogP contribution in [0.4, 0.5) is 0 Å². The van der Waals surface area contributed by atoms with E-state index in [1.54, 1.807) is 6.20 Å². The second-order valence-electron chi connectivity index (χ2n) is 3.93. The summed E-state index contributed by atoms with van der Waals surface area (Å²) in [6, 6.07) is 2.61. The van der Waals surface area contributed by atoms with E-state index >= 15 is 0 Å². The minimum absolute atomic E-state index is 0.593. The standard InChI is InChI=1S/C11H16N2O/c1-9-5-11(7-12-6-9)14-8-10-3-4-13(10)2/h5-7,10H,3-4,8H2,1-2H3/t10-/m1/s1. The molecule has 14 heavy (non-hydrogen) atoms. The van der Waals surface area contributed by atoms with E-state index in [1.165, 1.54) is 13.0 Å². The first-order chi connectivity index (χ1) is 6.75. The van der Waals surface area contributed by atoms with E-state index in [4.69, 9.17) is 4.74 Å². The van der Waals surface area contributed by atoms with Gasteiger partial charge in [0.25, 0.3) is 0 Å². The molecule has 0 saturated carbocycles. The zero-order valence-corrected chi connectivity index (χ0v) is 8.73. The first kappa shape index (κ1) is 9.46. The summed E-state index contributed by atoms with van der Waals surface area (Å²) in [4.78, 5) is 6.40. The molecule has 0 bridgehead atoms. The molecule has 0 amide bonds. The monoisotopic (exact) mass is 192 g/mol. The number of aryl methyl sites for hydroxylation is 1. The van der Waals surface area contributed by atoms with E-state index in [9.17, 15) is 0 Å². The highest BCUT2D eigenvalue weighted by molar-refractivity contribution is 5.22. The Bertz CT molecular complexity index is 314. The molecule has 1 aliphatic heterocycles. The average molecular weight is 192 g/mol. The molecular formula is C11H16N2O. The van der Waals surface area contributed by atoms with Crippen molar-refractivity contribution in [3.8, 4) is 5.75 Å². The minimum Gasteiger partial charge on any atom is -0.490 e. The Morgan fingerprint density at radius 2 is 2.43 bits per heavy atom. The number of hydrogen-bond donors (Lipinski definition) is 0. The lowest BCUT2D eigenvalue weighted by atomic mass is 10.1. The highest BCUT2D eigenvalue weighted by Gasteiger charge is 2.24. The second kappa shape index (κ2) is 3.96. The summed E-state index contributed by atoms with van der Waals surface area (Å²) in [7, 11) is 2.13. The largest absolute Gasteiger partial charge is 0.490 e. The molecule has 2 heterocycles. The number of nitrogens with zero attached hydrogens (tertiary/aromatic N) is 2. The molecule has 0 unspecified atom stereocenters. The molecule has 2 rings (SSSR count). The Morgan fingerprint density at radius 1 is 1.57 bits per heavy atom. The van der Waals surface area contributed by atoms with Crippen LogP contribution in [0, 0.1) is 6.92 Å². The van der Waals surface area contributed by atoms with Crippen LogP contribution in [-0.4, -0.2) is 36.1 Å². The summed E-state index contributed by atoms with van der Waals surface area (Å²) in [5, 5.41) is 0. The Kier molecular flexibility index (Phi) is 2.68. The Labute approximate surface area is 84.7 Å². The lowest BCUT2D eigenvalue weighted by Gasteiger charge is -2.37. The number of likely N-dealkylation sites (N-methyl/N-ethyl adjacent to an activating group) is 1. The zero-order chi connectivity index (χ0) is 9.97. The average Bonchev–Trinajstić information content (AvgIpc) is 2.16. The van der Waals surface area contributed by atoms with Gasteiger partial charge in [-0.25, -0.2) is 0 Å².